The second-order valence-corrected chi connectivity index (χ2v) is 7.42. The normalized spacial score (nSPS) is 18.5. The summed E-state index contributed by atoms with van der Waals surface area (Å²) in [5.74, 6) is -1.60. The van der Waals surface area contributed by atoms with Crippen LogP contribution in [-0.4, -0.2) is 33.7 Å². The van der Waals surface area contributed by atoms with Crippen molar-refractivity contribution in [2.75, 3.05) is 0 Å². The molecule has 0 N–H and O–H groups in total. The van der Waals surface area contributed by atoms with E-state index >= 15 is 0 Å². The number of carbonyl (C=O) groups is 3. The van der Waals surface area contributed by atoms with E-state index in [1.807, 2.05) is 19.1 Å². The van der Waals surface area contributed by atoms with E-state index in [9.17, 15) is 19.2 Å². The number of hydrogen-bond donors (Lipinski definition) is 0. The molecule has 1 aliphatic carbocycles. The fraction of sp³-hybridized carbons (Fsp3) is 0.429. The van der Waals surface area contributed by atoms with Gasteiger partial charge in [0.15, 0.2) is 0 Å². The van der Waals surface area contributed by atoms with E-state index < -0.39 is 23.5 Å². The van der Waals surface area contributed by atoms with Gasteiger partial charge >= 0.3 is 23.5 Å². The van der Waals surface area contributed by atoms with Gasteiger partial charge in [0, 0.05) is 17.5 Å². The first-order chi connectivity index (χ1) is 13.5. The van der Waals surface area contributed by atoms with Crippen molar-refractivity contribution in [1.29, 1.82) is 0 Å². The fourth-order valence-corrected chi connectivity index (χ4v) is 4.12. The maximum Gasteiger partial charge on any atom is 0.336 e. The number of fused-ring (bicyclic) bond motifs is 1. The number of imide groups is 2. The third-order valence-electron chi connectivity index (χ3n) is 5.66. The first kappa shape index (κ1) is 18.4. The Kier molecular flexibility index (Phi) is 4.75. The van der Waals surface area contributed by atoms with Gasteiger partial charge in [-0.1, -0.05) is 38.3 Å². The SMILES string of the molecule is CCc1ccc2c(CN3C(=O)C(=O)N(C4CCCCC4)C3=O)cc(=O)oc2c1. The Balaban J connectivity index is 1.67. The molecule has 1 saturated carbocycles. The van der Waals surface area contributed by atoms with E-state index in [2.05, 4.69) is 0 Å². The molecule has 1 aliphatic heterocycles. The molecule has 2 aliphatic rings. The van der Waals surface area contributed by atoms with E-state index in [1.165, 1.54) is 6.07 Å². The average molecular weight is 382 g/mol. The molecule has 4 amide bonds. The van der Waals surface area contributed by atoms with E-state index in [0.29, 0.717) is 16.5 Å². The lowest BCUT2D eigenvalue weighted by atomic mass is 9.94. The van der Waals surface area contributed by atoms with Crippen molar-refractivity contribution < 1.29 is 18.8 Å². The predicted octanol–water partition coefficient (Wildman–Crippen LogP) is 2.98. The maximum absolute atomic E-state index is 12.9. The van der Waals surface area contributed by atoms with Gasteiger partial charge in [0.05, 0.1) is 6.54 Å². The van der Waals surface area contributed by atoms with Gasteiger partial charge < -0.3 is 4.42 Å². The topological polar surface area (TPSA) is 87.9 Å². The number of urea groups is 1. The van der Waals surface area contributed by atoms with Crippen molar-refractivity contribution in [3.8, 4) is 0 Å². The summed E-state index contributed by atoms with van der Waals surface area (Å²) in [5.41, 5.74) is 1.37. The third kappa shape index (κ3) is 3.10. The Morgan fingerprint density at radius 1 is 1.00 bits per heavy atom. The summed E-state index contributed by atoms with van der Waals surface area (Å²) in [6.45, 7) is 1.87. The minimum atomic E-state index is -0.831. The lowest BCUT2D eigenvalue weighted by Crippen LogP contribution is -2.42. The van der Waals surface area contributed by atoms with Gasteiger partial charge in [0.2, 0.25) is 0 Å². The van der Waals surface area contributed by atoms with Gasteiger partial charge in [-0.25, -0.2) is 9.59 Å². The van der Waals surface area contributed by atoms with Crippen LogP contribution in [0.3, 0.4) is 0 Å². The van der Waals surface area contributed by atoms with Gasteiger partial charge in [-0.05, 0) is 36.5 Å². The summed E-state index contributed by atoms with van der Waals surface area (Å²) in [7, 11) is 0. The van der Waals surface area contributed by atoms with Crippen molar-refractivity contribution in [3.63, 3.8) is 0 Å². The van der Waals surface area contributed by atoms with Crippen LogP contribution in [0.5, 0.6) is 0 Å². The molecule has 4 rings (SSSR count). The van der Waals surface area contributed by atoms with E-state index in [-0.39, 0.29) is 12.6 Å². The van der Waals surface area contributed by atoms with Gasteiger partial charge in [-0.15, -0.1) is 0 Å². The molecule has 28 heavy (non-hydrogen) atoms. The zero-order chi connectivity index (χ0) is 19.8. The molecule has 0 atom stereocenters. The molecule has 1 aromatic carbocycles. The van der Waals surface area contributed by atoms with Crippen molar-refractivity contribution in [1.82, 2.24) is 9.80 Å². The first-order valence-electron chi connectivity index (χ1n) is 9.74. The molecule has 146 valence electrons. The zero-order valence-corrected chi connectivity index (χ0v) is 15.8. The molecule has 7 nitrogen and oxygen atoms in total. The van der Waals surface area contributed by atoms with Crippen LogP contribution in [0.15, 0.2) is 33.5 Å². The Hall–Kier alpha value is -2.96. The van der Waals surface area contributed by atoms with Crippen LogP contribution in [0.2, 0.25) is 0 Å². The van der Waals surface area contributed by atoms with Crippen molar-refractivity contribution >= 4 is 28.8 Å². The molecule has 0 bridgehead atoms. The maximum atomic E-state index is 12.9. The second kappa shape index (κ2) is 7.22. The first-order valence-corrected chi connectivity index (χ1v) is 9.74. The highest BCUT2D eigenvalue weighted by molar-refractivity contribution is 6.44. The Bertz CT molecular complexity index is 1020. The average Bonchev–Trinajstić information content (AvgIpc) is 2.91. The lowest BCUT2D eigenvalue weighted by Gasteiger charge is -2.28. The van der Waals surface area contributed by atoms with Crippen LogP contribution in [0.25, 0.3) is 11.0 Å². The highest BCUT2D eigenvalue weighted by Crippen LogP contribution is 2.28. The molecule has 0 spiro atoms. The quantitative estimate of drug-likeness (QED) is 0.461. The van der Waals surface area contributed by atoms with Crippen LogP contribution < -0.4 is 5.63 Å². The largest absolute Gasteiger partial charge is 0.423 e. The predicted molar refractivity (Wildman–Crippen MR) is 102 cm³/mol. The summed E-state index contributed by atoms with van der Waals surface area (Å²) in [6, 6.07) is 5.99. The molecule has 2 aromatic rings. The Morgan fingerprint density at radius 3 is 2.46 bits per heavy atom. The molecule has 7 heteroatoms. The van der Waals surface area contributed by atoms with Gasteiger partial charge in [-0.3, -0.25) is 19.4 Å². The summed E-state index contributed by atoms with van der Waals surface area (Å²) >= 11 is 0. The fourth-order valence-electron chi connectivity index (χ4n) is 4.12. The van der Waals surface area contributed by atoms with Crippen LogP contribution in [-0.2, 0) is 22.6 Å². The number of rotatable bonds is 4. The van der Waals surface area contributed by atoms with Gasteiger partial charge in [0.25, 0.3) is 0 Å². The van der Waals surface area contributed by atoms with Gasteiger partial charge in [-0.2, -0.15) is 0 Å². The summed E-state index contributed by atoms with van der Waals surface area (Å²) in [4.78, 5) is 51.9. The molecular weight excluding hydrogens is 360 g/mol. The highest BCUT2D eigenvalue weighted by Gasteiger charge is 2.47. The van der Waals surface area contributed by atoms with Crippen LogP contribution >= 0.6 is 0 Å². The van der Waals surface area contributed by atoms with E-state index in [0.717, 1.165) is 53.9 Å². The zero-order valence-electron chi connectivity index (χ0n) is 15.8. The summed E-state index contributed by atoms with van der Waals surface area (Å²) in [5, 5.41) is 0.654. The summed E-state index contributed by atoms with van der Waals surface area (Å²) in [6.07, 6.45) is 5.22. The van der Waals surface area contributed by atoms with Crippen LogP contribution in [0.4, 0.5) is 4.79 Å². The van der Waals surface area contributed by atoms with E-state index in [4.69, 9.17) is 4.42 Å². The van der Waals surface area contributed by atoms with E-state index in [1.54, 1.807) is 6.07 Å². The standard InChI is InChI=1S/C21H22N2O5/c1-2-13-8-9-16-14(11-18(24)28-17(16)10-13)12-22-19(25)20(26)23(21(22)27)15-6-4-3-5-7-15/h8-11,15H,2-7,12H2,1H3. The molecule has 2 heterocycles. The smallest absolute Gasteiger partial charge is 0.336 e. The van der Waals surface area contributed by atoms with Crippen LogP contribution in [0.1, 0.15) is 50.2 Å². The summed E-state index contributed by atoms with van der Waals surface area (Å²) < 4.78 is 5.28. The minimum Gasteiger partial charge on any atom is -0.423 e. The molecule has 0 unspecified atom stereocenters. The number of carbonyl (C=O) groups excluding carboxylic acids is 3. The third-order valence-corrected chi connectivity index (χ3v) is 5.66. The number of aryl methyl sites for hydroxylation is 1. The Morgan fingerprint density at radius 2 is 1.75 bits per heavy atom. The Labute approximate surface area is 161 Å². The molecule has 1 saturated heterocycles. The monoisotopic (exact) mass is 382 g/mol. The number of nitrogens with zero attached hydrogens (tertiary/aromatic N) is 2. The van der Waals surface area contributed by atoms with Crippen molar-refractivity contribution in [2.24, 2.45) is 0 Å². The molecule has 2 fully saturated rings. The van der Waals surface area contributed by atoms with Crippen LogP contribution in [0, 0.1) is 0 Å². The molecule has 0 radical (unpaired) electrons. The molecular formula is C21H22N2O5. The second-order valence-electron chi connectivity index (χ2n) is 7.42. The minimum absolute atomic E-state index is 0.125. The van der Waals surface area contributed by atoms with Crippen molar-refractivity contribution in [2.45, 2.75) is 58.0 Å². The van der Waals surface area contributed by atoms with Gasteiger partial charge in [0.1, 0.15) is 5.58 Å². The number of hydrogen-bond acceptors (Lipinski definition) is 5. The lowest BCUT2D eigenvalue weighted by molar-refractivity contribution is -0.144. The molecule has 1 aromatic heterocycles. The number of benzene rings is 1. The highest BCUT2D eigenvalue weighted by atomic mass is 16.4. The van der Waals surface area contributed by atoms with Crippen molar-refractivity contribution in [3.05, 3.63) is 45.8 Å². The number of amides is 4.